The van der Waals surface area contributed by atoms with E-state index in [9.17, 15) is 9.59 Å². The van der Waals surface area contributed by atoms with Gasteiger partial charge in [0.05, 0.1) is 12.5 Å². The molecule has 0 fully saturated rings. The molecule has 0 amide bonds. The van der Waals surface area contributed by atoms with E-state index in [2.05, 4.69) is 0 Å². The molecule has 7 nitrogen and oxygen atoms in total. The molecular weight excluding hydrogens is 352 g/mol. The highest BCUT2D eigenvalue weighted by Crippen LogP contribution is 2.29. The largest absolute Gasteiger partial charge is 0.497 e. The number of carboxylic acids is 1. The van der Waals surface area contributed by atoms with Crippen LogP contribution < -0.4 is 19.6 Å². The maximum absolute atomic E-state index is 12.8. The Morgan fingerprint density at radius 3 is 2.56 bits per heavy atom. The summed E-state index contributed by atoms with van der Waals surface area (Å²) in [5.74, 6) is 0.613. The monoisotopic (exact) mass is 370 g/mol. The number of fused-ring (bicyclic) bond motifs is 1. The summed E-state index contributed by atoms with van der Waals surface area (Å²) in [6, 6.07) is 11.4. The quantitative estimate of drug-likeness (QED) is 0.706. The number of methoxy groups -OCH3 is 1. The Kier molecular flexibility index (Phi) is 5.03. The van der Waals surface area contributed by atoms with Crippen LogP contribution in [-0.2, 0) is 4.79 Å². The maximum atomic E-state index is 12.8. The molecule has 0 aliphatic heterocycles. The van der Waals surface area contributed by atoms with Crippen LogP contribution >= 0.6 is 0 Å². The first-order valence-corrected chi connectivity index (χ1v) is 8.18. The molecule has 27 heavy (non-hydrogen) atoms. The number of rotatable bonds is 6. The third-order valence-corrected chi connectivity index (χ3v) is 3.91. The van der Waals surface area contributed by atoms with Crippen molar-refractivity contribution >= 4 is 16.9 Å². The fourth-order valence-corrected chi connectivity index (χ4v) is 2.50. The molecule has 140 valence electrons. The fraction of sp³-hybridized carbons (Fsp3) is 0.200. The number of benzene rings is 2. The maximum Gasteiger partial charge on any atom is 0.344 e. The van der Waals surface area contributed by atoms with Gasteiger partial charge in [-0.25, -0.2) is 4.79 Å². The predicted octanol–water partition coefficient (Wildman–Crippen LogP) is 3.75. The molecule has 3 rings (SSSR count). The summed E-state index contributed by atoms with van der Waals surface area (Å²) >= 11 is 0. The van der Waals surface area contributed by atoms with E-state index in [1.807, 2.05) is 0 Å². The normalized spacial score (nSPS) is 11.8. The predicted molar refractivity (Wildman–Crippen MR) is 98.0 cm³/mol. The van der Waals surface area contributed by atoms with Crippen LogP contribution in [0.1, 0.15) is 12.7 Å². The van der Waals surface area contributed by atoms with Crippen LogP contribution in [0, 0.1) is 6.92 Å². The lowest BCUT2D eigenvalue weighted by Gasteiger charge is -2.12. The van der Waals surface area contributed by atoms with E-state index in [1.165, 1.54) is 25.1 Å². The van der Waals surface area contributed by atoms with E-state index >= 15 is 0 Å². The zero-order valence-electron chi connectivity index (χ0n) is 15.0. The van der Waals surface area contributed by atoms with Crippen molar-refractivity contribution in [3.8, 4) is 23.0 Å². The Morgan fingerprint density at radius 2 is 1.85 bits per heavy atom. The van der Waals surface area contributed by atoms with Crippen LogP contribution in [-0.4, -0.2) is 24.3 Å². The van der Waals surface area contributed by atoms with Gasteiger partial charge in [0.1, 0.15) is 28.6 Å². The SMILES string of the molecule is COc1cccc(Oc2c(C)oc3cc(OC(C)C(=O)O)ccc3c2=O)c1. The van der Waals surface area contributed by atoms with Crippen molar-refractivity contribution in [3.63, 3.8) is 0 Å². The van der Waals surface area contributed by atoms with Gasteiger partial charge < -0.3 is 23.7 Å². The van der Waals surface area contributed by atoms with Crippen molar-refractivity contribution in [1.82, 2.24) is 0 Å². The lowest BCUT2D eigenvalue weighted by atomic mass is 10.2. The van der Waals surface area contributed by atoms with E-state index < -0.39 is 12.1 Å². The molecule has 1 unspecified atom stereocenters. The summed E-state index contributed by atoms with van der Waals surface area (Å²) in [5.41, 5.74) is -0.0556. The molecule has 1 N–H and O–H groups in total. The van der Waals surface area contributed by atoms with E-state index in [-0.39, 0.29) is 16.8 Å². The van der Waals surface area contributed by atoms with Gasteiger partial charge >= 0.3 is 5.97 Å². The lowest BCUT2D eigenvalue weighted by molar-refractivity contribution is -0.144. The Morgan fingerprint density at radius 1 is 1.11 bits per heavy atom. The lowest BCUT2D eigenvalue weighted by Crippen LogP contribution is -2.22. The second-order valence-corrected chi connectivity index (χ2v) is 5.85. The van der Waals surface area contributed by atoms with E-state index in [0.717, 1.165) is 0 Å². The van der Waals surface area contributed by atoms with Crippen LogP contribution in [0.2, 0.25) is 0 Å². The van der Waals surface area contributed by atoms with Crippen molar-refractivity contribution in [2.45, 2.75) is 20.0 Å². The third kappa shape index (κ3) is 3.87. The Hall–Kier alpha value is -3.48. The molecule has 0 spiro atoms. The first-order chi connectivity index (χ1) is 12.9. The number of hydrogen-bond acceptors (Lipinski definition) is 6. The summed E-state index contributed by atoms with van der Waals surface area (Å²) in [4.78, 5) is 23.7. The first kappa shape index (κ1) is 18.3. The van der Waals surface area contributed by atoms with Crippen molar-refractivity contribution in [2.75, 3.05) is 7.11 Å². The second-order valence-electron chi connectivity index (χ2n) is 5.85. The summed E-state index contributed by atoms with van der Waals surface area (Å²) in [5, 5.41) is 9.23. The molecule has 1 heterocycles. The minimum absolute atomic E-state index is 0.0725. The zero-order valence-corrected chi connectivity index (χ0v) is 15.0. The van der Waals surface area contributed by atoms with Crippen LogP contribution in [0.4, 0.5) is 0 Å². The summed E-state index contributed by atoms with van der Waals surface area (Å²) in [6.45, 7) is 3.03. The van der Waals surface area contributed by atoms with Crippen molar-refractivity contribution in [2.24, 2.45) is 0 Å². The Balaban J connectivity index is 1.98. The molecule has 1 aromatic heterocycles. The number of aryl methyl sites for hydroxylation is 1. The van der Waals surface area contributed by atoms with Gasteiger partial charge in [0.15, 0.2) is 6.10 Å². The van der Waals surface area contributed by atoms with E-state index in [1.54, 1.807) is 38.3 Å². The van der Waals surface area contributed by atoms with Crippen molar-refractivity contribution in [3.05, 3.63) is 58.4 Å². The highest BCUT2D eigenvalue weighted by Gasteiger charge is 2.17. The van der Waals surface area contributed by atoms with Gasteiger partial charge in [-0.3, -0.25) is 4.79 Å². The molecule has 0 radical (unpaired) electrons. The van der Waals surface area contributed by atoms with Crippen LogP contribution in [0.15, 0.2) is 51.7 Å². The van der Waals surface area contributed by atoms with Gasteiger partial charge in [-0.05, 0) is 38.1 Å². The first-order valence-electron chi connectivity index (χ1n) is 8.18. The standard InChI is InChI=1S/C20H18O7/c1-11-19(27-14-6-4-5-13(9-14)24-3)18(21)16-8-7-15(10-17(16)26-11)25-12(2)20(22)23/h4-10,12H,1-3H3,(H,22,23). The number of aliphatic carboxylic acids is 1. The topological polar surface area (TPSA) is 95.2 Å². The average molecular weight is 370 g/mol. The molecule has 2 aromatic carbocycles. The van der Waals surface area contributed by atoms with E-state index in [0.29, 0.717) is 28.4 Å². The molecule has 1 atom stereocenters. The second kappa shape index (κ2) is 7.41. The van der Waals surface area contributed by atoms with Crippen LogP contribution in [0.25, 0.3) is 11.0 Å². The number of hydrogen-bond donors (Lipinski definition) is 1. The Labute approximate surface area is 154 Å². The summed E-state index contributed by atoms with van der Waals surface area (Å²) < 4.78 is 21.9. The van der Waals surface area contributed by atoms with Crippen molar-refractivity contribution in [1.29, 1.82) is 0 Å². The van der Waals surface area contributed by atoms with Gasteiger partial charge in [-0.15, -0.1) is 0 Å². The number of carbonyl (C=O) groups is 1. The van der Waals surface area contributed by atoms with Gasteiger partial charge in [-0.2, -0.15) is 0 Å². The molecule has 0 aliphatic carbocycles. The molecule has 0 bridgehead atoms. The third-order valence-electron chi connectivity index (χ3n) is 3.91. The smallest absolute Gasteiger partial charge is 0.344 e. The van der Waals surface area contributed by atoms with Gasteiger partial charge in [0, 0.05) is 12.1 Å². The highest BCUT2D eigenvalue weighted by molar-refractivity contribution is 5.80. The number of carboxylic acid groups (broad SMARTS) is 1. The van der Waals surface area contributed by atoms with Crippen molar-refractivity contribution < 1.29 is 28.5 Å². The highest BCUT2D eigenvalue weighted by atomic mass is 16.5. The summed E-state index contributed by atoms with van der Waals surface area (Å²) in [7, 11) is 1.54. The van der Waals surface area contributed by atoms with Gasteiger partial charge in [0.2, 0.25) is 11.2 Å². The molecule has 3 aromatic rings. The van der Waals surface area contributed by atoms with Gasteiger partial charge in [-0.1, -0.05) is 6.07 Å². The minimum Gasteiger partial charge on any atom is -0.497 e. The Bertz CT molecular complexity index is 1050. The molecule has 0 saturated carbocycles. The molecule has 0 saturated heterocycles. The number of ether oxygens (including phenoxy) is 3. The van der Waals surface area contributed by atoms with Crippen LogP contribution in [0.5, 0.6) is 23.0 Å². The molecule has 7 heteroatoms. The minimum atomic E-state index is -1.09. The van der Waals surface area contributed by atoms with Gasteiger partial charge in [0.25, 0.3) is 0 Å². The summed E-state index contributed by atoms with van der Waals surface area (Å²) in [6.07, 6.45) is -1.02. The fourth-order valence-electron chi connectivity index (χ4n) is 2.50. The molecule has 0 aliphatic rings. The average Bonchev–Trinajstić information content (AvgIpc) is 2.65. The zero-order chi connectivity index (χ0) is 19.6. The van der Waals surface area contributed by atoms with E-state index in [4.69, 9.17) is 23.7 Å². The molecular formula is C20H18O7. The van der Waals surface area contributed by atoms with Crippen LogP contribution in [0.3, 0.4) is 0 Å².